The molecule has 0 rings (SSSR count). The number of hydrogen-bond donors (Lipinski definition) is 2. The molecule has 0 amide bonds. The van der Waals surface area contributed by atoms with E-state index in [0.717, 1.165) is 25.6 Å². The van der Waals surface area contributed by atoms with Crippen LogP contribution in [0.2, 0.25) is 0 Å². The Morgan fingerprint density at radius 3 is 2.41 bits per heavy atom. The molecule has 0 unspecified atom stereocenters. The van der Waals surface area contributed by atoms with E-state index in [2.05, 4.69) is 55.4 Å². The van der Waals surface area contributed by atoms with Crippen LogP contribution in [0.1, 0.15) is 20.8 Å². The highest BCUT2D eigenvalue weighted by molar-refractivity contribution is 5.79. The molecular weight excluding hydrogens is 216 g/mol. The van der Waals surface area contributed by atoms with Crippen LogP contribution in [0.15, 0.2) is 4.99 Å². The SMILES string of the molecule is CCNC(=NCC(C)(C)N(C)C)NCCOC. The molecule has 0 saturated heterocycles. The summed E-state index contributed by atoms with van der Waals surface area (Å²) < 4.78 is 5.00. The van der Waals surface area contributed by atoms with Gasteiger partial charge in [0.2, 0.25) is 0 Å². The molecule has 0 atom stereocenters. The Morgan fingerprint density at radius 2 is 1.94 bits per heavy atom. The number of guanidine groups is 1. The zero-order valence-corrected chi connectivity index (χ0v) is 12.1. The first-order valence-electron chi connectivity index (χ1n) is 6.12. The van der Waals surface area contributed by atoms with Gasteiger partial charge in [0.05, 0.1) is 13.2 Å². The molecule has 0 aromatic heterocycles. The van der Waals surface area contributed by atoms with Gasteiger partial charge in [-0.3, -0.25) is 4.99 Å². The zero-order valence-electron chi connectivity index (χ0n) is 12.1. The molecule has 5 nitrogen and oxygen atoms in total. The van der Waals surface area contributed by atoms with Gasteiger partial charge in [-0.15, -0.1) is 0 Å². The Bertz CT molecular complexity index is 227. The molecule has 0 spiro atoms. The van der Waals surface area contributed by atoms with E-state index < -0.39 is 0 Å². The van der Waals surface area contributed by atoms with Gasteiger partial charge >= 0.3 is 0 Å². The lowest BCUT2D eigenvalue weighted by molar-refractivity contribution is 0.201. The third kappa shape index (κ3) is 7.18. The summed E-state index contributed by atoms with van der Waals surface area (Å²) in [6, 6.07) is 0. The topological polar surface area (TPSA) is 48.9 Å². The summed E-state index contributed by atoms with van der Waals surface area (Å²) in [6.45, 7) is 9.48. The Labute approximate surface area is 106 Å². The minimum atomic E-state index is 0.0591. The van der Waals surface area contributed by atoms with Gasteiger partial charge in [0, 0.05) is 25.7 Å². The molecule has 0 fully saturated rings. The fourth-order valence-electron chi connectivity index (χ4n) is 1.03. The van der Waals surface area contributed by atoms with E-state index in [-0.39, 0.29) is 5.54 Å². The zero-order chi connectivity index (χ0) is 13.3. The predicted molar refractivity (Wildman–Crippen MR) is 73.6 cm³/mol. The average Bonchev–Trinajstić information content (AvgIpc) is 2.26. The van der Waals surface area contributed by atoms with Gasteiger partial charge in [0.15, 0.2) is 5.96 Å². The van der Waals surface area contributed by atoms with Crippen LogP contribution in [0.25, 0.3) is 0 Å². The van der Waals surface area contributed by atoms with Crippen molar-refractivity contribution in [2.45, 2.75) is 26.3 Å². The number of ether oxygens (including phenoxy) is 1. The number of nitrogens with one attached hydrogen (secondary N) is 2. The van der Waals surface area contributed by atoms with Crippen LogP contribution in [0.5, 0.6) is 0 Å². The third-order valence-corrected chi connectivity index (χ3v) is 2.78. The van der Waals surface area contributed by atoms with Crippen LogP contribution in [0.3, 0.4) is 0 Å². The summed E-state index contributed by atoms with van der Waals surface area (Å²) >= 11 is 0. The molecule has 2 N–H and O–H groups in total. The lowest BCUT2D eigenvalue weighted by Gasteiger charge is -2.31. The fourth-order valence-corrected chi connectivity index (χ4v) is 1.03. The van der Waals surface area contributed by atoms with Crippen molar-refractivity contribution in [1.82, 2.24) is 15.5 Å². The standard InChI is InChI=1S/C12H28N4O/c1-7-13-11(14-8-9-17-6)15-10-12(2,3)16(4)5/h7-10H2,1-6H3,(H2,13,14,15). The van der Waals surface area contributed by atoms with Crippen molar-refractivity contribution in [2.24, 2.45) is 4.99 Å². The first-order chi connectivity index (χ1) is 7.94. The molecule has 0 heterocycles. The van der Waals surface area contributed by atoms with E-state index in [0.29, 0.717) is 6.61 Å². The van der Waals surface area contributed by atoms with Gasteiger partial charge in [0.25, 0.3) is 0 Å². The van der Waals surface area contributed by atoms with Gasteiger partial charge < -0.3 is 20.3 Å². The van der Waals surface area contributed by atoms with Crippen LogP contribution in [-0.2, 0) is 4.74 Å². The van der Waals surface area contributed by atoms with Gasteiger partial charge in [-0.05, 0) is 34.9 Å². The van der Waals surface area contributed by atoms with E-state index in [1.54, 1.807) is 7.11 Å². The number of aliphatic imine (C=N–C) groups is 1. The maximum atomic E-state index is 5.00. The highest BCUT2D eigenvalue weighted by Crippen LogP contribution is 2.09. The minimum absolute atomic E-state index is 0.0591. The average molecular weight is 244 g/mol. The monoisotopic (exact) mass is 244 g/mol. The molecule has 0 aliphatic heterocycles. The normalized spacial score (nSPS) is 13.0. The summed E-state index contributed by atoms with van der Waals surface area (Å²) in [5.41, 5.74) is 0.0591. The number of rotatable bonds is 7. The summed E-state index contributed by atoms with van der Waals surface area (Å²) in [7, 11) is 5.84. The lowest BCUT2D eigenvalue weighted by atomic mass is 10.1. The Hall–Kier alpha value is -0.810. The van der Waals surface area contributed by atoms with Gasteiger partial charge in [-0.1, -0.05) is 0 Å². The van der Waals surface area contributed by atoms with E-state index in [1.807, 2.05) is 0 Å². The summed E-state index contributed by atoms with van der Waals surface area (Å²) in [6.07, 6.45) is 0. The van der Waals surface area contributed by atoms with Gasteiger partial charge in [-0.25, -0.2) is 0 Å². The summed E-state index contributed by atoms with van der Waals surface area (Å²) in [4.78, 5) is 6.75. The largest absolute Gasteiger partial charge is 0.383 e. The highest BCUT2D eigenvalue weighted by Gasteiger charge is 2.19. The Kier molecular flexibility index (Phi) is 7.91. The molecule has 5 heteroatoms. The number of likely N-dealkylation sites (N-methyl/N-ethyl adjacent to an activating group) is 1. The molecule has 0 aromatic carbocycles. The summed E-state index contributed by atoms with van der Waals surface area (Å²) in [5.74, 6) is 0.847. The van der Waals surface area contributed by atoms with Crippen LogP contribution in [0.4, 0.5) is 0 Å². The van der Waals surface area contributed by atoms with Crippen molar-refractivity contribution < 1.29 is 4.74 Å². The number of methoxy groups -OCH3 is 1. The van der Waals surface area contributed by atoms with Crippen LogP contribution >= 0.6 is 0 Å². The van der Waals surface area contributed by atoms with Crippen LogP contribution < -0.4 is 10.6 Å². The molecule has 17 heavy (non-hydrogen) atoms. The Morgan fingerprint density at radius 1 is 1.29 bits per heavy atom. The second kappa shape index (κ2) is 8.31. The van der Waals surface area contributed by atoms with Crippen LogP contribution in [-0.4, -0.2) is 63.8 Å². The second-order valence-corrected chi connectivity index (χ2v) is 4.82. The van der Waals surface area contributed by atoms with E-state index in [1.165, 1.54) is 0 Å². The van der Waals surface area contributed by atoms with Crippen molar-refractivity contribution in [3.05, 3.63) is 0 Å². The van der Waals surface area contributed by atoms with Gasteiger partial charge in [-0.2, -0.15) is 0 Å². The third-order valence-electron chi connectivity index (χ3n) is 2.78. The molecule has 0 aromatic rings. The van der Waals surface area contributed by atoms with E-state index in [9.17, 15) is 0 Å². The lowest BCUT2D eigenvalue weighted by Crippen LogP contribution is -2.44. The molecule has 0 aliphatic carbocycles. The fraction of sp³-hybridized carbons (Fsp3) is 0.917. The molecule has 102 valence electrons. The molecule has 0 saturated carbocycles. The minimum Gasteiger partial charge on any atom is -0.383 e. The highest BCUT2D eigenvalue weighted by atomic mass is 16.5. The quantitative estimate of drug-likeness (QED) is 0.390. The Balaban J connectivity index is 4.28. The van der Waals surface area contributed by atoms with Crippen LogP contribution in [0, 0.1) is 0 Å². The van der Waals surface area contributed by atoms with E-state index >= 15 is 0 Å². The van der Waals surface area contributed by atoms with Crippen molar-refractivity contribution in [2.75, 3.05) is 47.4 Å². The predicted octanol–water partition coefficient (Wildman–Crippen LogP) is 0.528. The van der Waals surface area contributed by atoms with Crippen molar-refractivity contribution >= 4 is 5.96 Å². The van der Waals surface area contributed by atoms with E-state index in [4.69, 9.17) is 4.74 Å². The number of nitrogens with zero attached hydrogens (tertiary/aromatic N) is 2. The molecule has 0 bridgehead atoms. The molecule has 0 radical (unpaired) electrons. The molecule has 0 aliphatic rings. The first-order valence-corrected chi connectivity index (χ1v) is 6.12. The van der Waals surface area contributed by atoms with Crippen molar-refractivity contribution in [3.63, 3.8) is 0 Å². The first kappa shape index (κ1) is 16.2. The van der Waals surface area contributed by atoms with Crippen molar-refractivity contribution in [1.29, 1.82) is 0 Å². The number of hydrogen-bond acceptors (Lipinski definition) is 3. The smallest absolute Gasteiger partial charge is 0.191 e. The summed E-state index contributed by atoms with van der Waals surface area (Å²) in [5, 5.41) is 6.45. The maximum absolute atomic E-state index is 5.00. The second-order valence-electron chi connectivity index (χ2n) is 4.82. The molecular formula is C12H28N4O. The maximum Gasteiger partial charge on any atom is 0.191 e. The van der Waals surface area contributed by atoms with Crippen molar-refractivity contribution in [3.8, 4) is 0 Å². The van der Waals surface area contributed by atoms with Gasteiger partial charge in [0.1, 0.15) is 0 Å².